The molecule has 2 aromatic rings. The maximum absolute atomic E-state index is 11.8. The zero-order valence-electron chi connectivity index (χ0n) is 14.4. The lowest BCUT2D eigenvalue weighted by molar-refractivity contribution is -0.143. The third-order valence-corrected chi connectivity index (χ3v) is 4.83. The summed E-state index contributed by atoms with van der Waals surface area (Å²) in [5.74, 6) is -0.990. The summed E-state index contributed by atoms with van der Waals surface area (Å²) in [6.45, 7) is 0.322. The standard InChI is InChI=1S/C19H15Br2ClO5/c1-25-18(23)14(19(24)26-2)7-12-8-15(20)17(16(21)9-12)27-10-11-4-3-5-13(22)6-11/h3-9H,10H2,1-2H3. The van der Waals surface area contributed by atoms with Gasteiger partial charge in [0.15, 0.2) is 0 Å². The van der Waals surface area contributed by atoms with Crippen molar-refractivity contribution in [3.05, 3.63) is 67.1 Å². The van der Waals surface area contributed by atoms with Gasteiger partial charge in [0.25, 0.3) is 0 Å². The number of hydrogen-bond donors (Lipinski definition) is 0. The summed E-state index contributed by atoms with van der Waals surface area (Å²) in [6.07, 6.45) is 1.38. The predicted molar refractivity (Wildman–Crippen MR) is 110 cm³/mol. The van der Waals surface area contributed by atoms with Gasteiger partial charge in [-0.2, -0.15) is 0 Å². The molecule has 0 bridgehead atoms. The SMILES string of the molecule is COC(=O)C(=Cc1cc(Br)c(OCc2cccc(Cl)c2)c(Br)c1)C(=O)OC. The Balaban J connectivity index is 2.28. The molecule has 0 aliphatic heterocycles. The Hall–Kier alpha value is -1.83. The number of ether oxygens (including phenoxy) is 3. The monoisotopic (exact) mass is 516 g/mol. The van der Waals surface area contributed by atoms with Crippen LogP contribution in [0.5, 0.6) is 5.75 Å². The van der Waals surface area contributed by atoms with Crippen molar-refractivity contribution in [3.8, 4) is 5.75 Å². The Morgan fingerprint density at radius 3 is 2.15 bits per heavy atom. The fraction of sp³-hybridized carbons (Fsp3) is 0.158. The molecule has 2 rings (SSSR count). The van der Waals surface area contributed by atoms with Crippen LogP contribution in [-0.4, -0.2) is 26.2 Å². The lowest BCUT2D eigenvalue weighted by Crippen LogP contribution is -2.15. The van der Waals surface area contributed by atoms with Gasteiger partial charge in [0.1, 0.15) is 17.9 Å². The normalized spacial score (nSPS) is 10.1. The number of rotatable bonds is 6. The van der Waals surface area contributed by atoms with E-state index in [4.69, 9.17) is 16.3 Å². The number of esters is 2. The van der Waals surface area contributed by atoms with Gasteiger partial charge >= 0.3 is 11.9 Å². The fourth-order valence-electron chi connectivity index (χ4n) is 2.17. The summed E-state index contributed by atoms with van der Waals surface area (Å²) in [4.78, 5) is 23.6. The molecular weight excluding hydrogens is 503 g/mol. The molecule has 0 saturated heterocycles. The molecule has 0 aliphatic rings. The summed E-state index contributed by atoms with van der Waals surface area (Å²) in [7, 11) is 2.38. The zero-order chi connectivity index (χ0) is 20.0. The number of carbonyl (C=O) groups is 2. The number of carbonyl (C=O) groups excluding carboxylic acids is 2. The van der Waals surface area contributed by atoms with Crippen LogP contribution in [0.1, 0.15) is 11.1 Å². The van der Waals surface area contributed by atoms with Gasteiger partial charge in [0.2, 0.25) is 0 Å². The minimum atomic E-state index is -0.782. The minimum absolute atomic E-state index is 0.216. The molecule has 27 heavy (non-hydrogen) atoms. The molecule has 5 nitrogen and oxygen atoms in total. The highest BCUT2D eigenvalue weighted by Crippen LogP contribution is 2.36. The van der Waals surface area contributed by atoms with Crippen LogP contribution in [0.15, 0.2) is 50.9 Å². The second kappa shape index (κ2) is 9.92. The van der Waals surface area contributed by atoms with Crippen molar-refractivity contribution in [2.75, 3.05) is 14.2 Å². The molecule has 0 saturated carbocycles. The molecule has 0 spiro atoms. The second-order valence-electron chi connectivity index (χ2n) is 5.27. The first-order chi connectivity index (χ1) is 12.8. The molecule has 8 heteroatoms. The number of methoxy groups -OCH3 is 2. The van der Waals surface area contributed by atoms with Crippen LogP contribution < -0.4 is 4.74 Å². The zero-order valence-corrected chi connectivity index (χ0v) is 18.4. The number of benzene rings is 2. The largest absolute Gasteiger partial charge is 0.487 e. The van der Waals surface area contributed by atoms with Crippen molar-refractivity contribution in [2.45, 2.75) is 6.61 Å². The van der Waals surface area contributed by atoms with E-state index in [1.165, 1.54) is 20.3 Å². The van der Waals surface area contributed by atoms with Crippen LogP contribution in [0.3, 0.4) is 0 Å². The van der Waals surface area contributed by atoms with Crippen LogP contribution in [0, 0.1) is 0 Å². The molecular formula is C19H15Br2ClO5. The van der Waals surface area contributed by atoms with Crippen LogP contribution in [0.2, 0.25) is 5.02 Å². The van der Waals surface area contributed by atoms with Gasteiger partial charge in [0, 0.05) is 5.02 Å². The van der Waals surface area contributed by atoms with Crippen LogP contribution >= 0.6 is 43.5 Å². The highest BCUT2D eigenvalue weighted by molar-refractivity contribution is 9.11. The van der Waals surface area contributed by atoms with E-state index in [9.17, 15) is 9.59 Å². The average molecular weight is 519 g/mol. The maximum Gasteiger partial charge on any atom is 0.345 e. The summed E-state index contributed by atoms with van der Waals surface area (Å²) in [5, 5.41) is 0.632. The van der Waals surface area contributed by atoms with E-state index in [1.807, 2.05) is 18.2 Å². The van der Waals surface area contributed by atoms with Gasteiger partial charge in [0.05, 0.1) is 23.2 Å². The van der Waals surface area contributed by atoms with E-state index >= 15 is 0 Å². The Morgan fingerprint density at radius 2 is 1.63 bits per heavy atom. The van der Waals surface area contributed by atoms with Crippen molar-refractivity contribution in [2.24, 2.45) is 0 Å². The quantitative estimate of drug-likeness (QED) is 0.229. The van der Waals surface area contributed by atoms with Crippen molar-refractivity contribution < 1.29 is 23.8 Å². The molecule has 0 aliphatic carbocycles. The molecule has 0 atom stereocenters. The van der Waals surface area contributed by atoms with E-state index in [2.05, 4.69) is 41.3 Å². The smallest absolute Gasteiger partial charge is 0.345 e. The lowest BCUT2D eigenvalue weighted by atomic mass is 10.1. The highest BCUT2D eigenvalue weighted by atomic mass is 79.9. The van der Waals surface area contributed by atoms with E-state index in [1.54, 1.807) is 18.2 Å². The molecule has 0 unspecified atom stereocenters. The topological polar surface area (TPSA) is 61.8 Å². The molecule has 0 aromatic heterocycles. The molecule has 2 aromatic carbocycles. The first kappa shape index (κ1) is 21.5. The van der Waals surface area contributed by atoms with E-state index < -0.39 is 11.9 Å². The third kappa shape index (κ3) is 5.82. The van der Waals surface area contributed by atoms with Gasteiger partial charge in [-0.1, -0.05) is 23.7 Å². The molecule has 0 fully saturated rings. The maximum atomic E-state index is 11.8. The molecule has 0 N–H and O–H groups in total. The highest BCUT2D eigenvalue weighted by Gasteiger charge is 2.20. The molecule has 0 heterocycles. The second-order valence-corrected chi connectivity index (χ2v) is 7.42. The lowest BCUT2D eigenvalue weighted by Gasteiger charge is -2.12. The number of halogens is 3. The number of hydrogen-bond acceptors (Lipinski definition) is 5. The van der Waals surface area contributed by atoms with Crippen molar-refractivity contribution in [1.29, 1.82) is 0 Å². The Bertz CT molecular complexity index is 854. The molecule has 0 amide bonds. The Kier molecular flexibility index (Phi) is 7.89. The van der Waals surface area contributed by atoms with E-state index in [0.717, 1.165) is 5.56 Å². The van der Waals surface area contributed by atoms with Gasteiger partial charge < -0.3 is 14.2 Å². The summed E-state index contributed by atoms with van der Waals surface area (Å²) < 4.78 is 16.4. The first-order valence-electron chi connectivity index (χ1n) is 7.60. The van der Waals surface area contributed by atoms with Crippen molar-refractivity contribution in [1.82, 2.24) is 0 Å². The molecule has 0 radical (unpaired) electrons. The van der Waals surface area contributed by atoms with Crippen LogP contribution in [0.4, 0.5) is 0 Å². The summed E-state index contributed by atoms with van der Waals surface area (Å²) in [6, 6.07) is 10.8. The summed E-state index contributed by atoms with van der Waals surface area (Å²) in [5.41, 5.74) is 1.28. The van der Waals surface area contributed by atoms with Crippen molar-refractivity contribution >= 4 is 61.5 Å². The Morgan fingerprint density at radius 1 is 1.04 bits per heavy atom. The first-order valence-corrected chi connectivity index (χ1v) is 9.56. The van der Waals surface area contributed by atoms with Crippen molar-refractivity contribution in [3.63, 3.8) is 0 Å². The van der Waals surface area contributed by atoms with Gasteiger partial charge in [-0.05, 0) is 73.3 Å². The van der Waals surface area contributed by atoms with E-state index in [0.29, 0.717) is 31.9 Å². The third-order valence-electron chi connectivity index (χ3n) is 3.41. The van der Waals surface area contributed by atoms with Gasteiger partial charge in [-0.25, -0.2) is 9.59 Å². The van der Waals surface area contributed by atoms with Gasteiger partial charge in [-0.15, -0.1) is 0 Å². The Labute approximate surface area is 178 Å². The van der Waals surface area contributed by atoms with Gasteiger partial charge in [-0.3, -0.25) is 0 Å². The van der Waals surface area contributed by atoms with Crippen LogP contribution in [-0.2, 0) is 25.7 Å². The average Bonchev–Trinajstić information content (AvgIpc) is 2.64. The fourth-order valence-corrected chi connectivity index (χ4v) is 3.83. The predicted octanol–water partition coefficient (Wildman–Crippen LogP) is 5.17. The minimum Gasteiger partial charge on any atom is -0.487 e. The molecule has 142 valence electrons. The van der Waals surface area contributed by atoms with E-state index in [-0.39, 0.29) is 5.57 Å². The van der Waals surface area contributed by atoms with Crippen LogP contribution in [0.25, 0.3) is 6.08 Å². The summed E-state index contributed by atoms with van der Waals surface area (Å²) >= 11 is 12.9.